The number of allylic oxidation sites excluding steroid dienone is 1. The zero-order valence-electron chi connectivity index (χ0n) is 8.20. The Morgan fingerprint density at radius 2 is 2.21 bits per heavy atom. The Kier molecular flexibility index (Phi) is 2.08. The number of hydrogen-bond donors (Lipinski definition) is 1. The summed E-state index contributed by atoms with van der Waals surface area (Å²) in [6.45, 7) is 3.95. The van der Waals surface area contributed by atoms with Gasteiger partial charge in [-0.15, -0.1) is 0 Å². The summed E-state index contributed by atoms with van der Waals surface area (Å²) in [5, 5.41) is 9.81. The highest BCUT2D eigenvalue weighted by Crippen LogP contribution is 2.42. The van der Waals surface area contributed by atoms with Gasteiger partial charge in [-0.05, 0) is 19.9 Å². The molecule has 0 spiro atoms. The summed E-state index contributed by atoms with van der Waals surface area (Å²) in [5.74, 6) is 1.61. The topological polar surface area (TPSA) is 38.7 Å². The van der Waals surface area contributed by atoms with E-state index in [4.69, 9.17) is 9.47 Å². The summed E-state index contributed by atoms with van der Waals surface area (Å²) in [5.41, 5.74) is 1.49. The average Bonchev–Trinajstić information content (AvgIpc) is 2.62. The van der Waals surface area contributed by atoms with Crippen molar-refractivity contribution in [2.45, 2.75) is 13.8 Å². The molecule has 0 saturated carbocycles. The molecule has 1 aromatic carbocycles. The van der Waals surface area contributed by atoms with E-state index in [-0.39, 0.29) is 12.5 Å². The lowest BCUT2D eigenvalue weighted by Crippen LogP contribution is -1.93. The van der Waals surface area contributed by atoms with Crippen LogP contribution in [0.4, 0.5) is 0 Å². The molecule has 0 atom stereocenters. The quantitative estimate of drug-likeness (QED) is 0.742. The van der Waals surface area contributed by atoms with E-state index in [1.807, 2.05) is 26.0 Å². The fourth-order valence-corrected chi connectivity index (χ4v) is 1.53. The summed E-state index contributed by atoms with van der Waals surface area (Å²) in [7, 11) is 0. The van der Waals surface area contributed by atoms with Crippen LogP contribution in [-0.4, -0.2) is 11.9 Å². The third-order valence-electron chi connectivity index (χ3n) is 2.24. The third kappa shape index (κ3) is 1.21. The van der Waals surface area contributed by atoms with Crippen LogP contribution in [0.15, 0.2) is 12.1 Å². The smallest absolute Gasteiger partial charge is 0.231 e. The molecule has 0 aliphatic carbocycles. The third-order valence-corrected chi connectivity index (χ3v) is 2.24. The number of hydrogen-bond acceptors (Lipinski definition) is 3. The lowest BCUT2D eigenvalue weighted by molar-refractivity contribution is 0.173. The molecule has 0 aromatic heterocycles. The van der Waals surface area contributed by atoms with Crippen LogP contribution >= 0.6 is 0 Å². The zero-order chi connectivity index (χ0) is 10.1. The molecule has 0 fully saturated rings. The molecule has 0 radical (unpaired) electrons. The van der Waals surface area contributed by atoms with Gasteiger partial charge in [-0.25, -0.2) is 0 Å². The van der Waals surface area contributed by atoms with Gasteiger partial charge in [-0.1, -0.05) is 12.2 Å². The molecule has 3 heteroatoms. The normalized spacial score (nSPS) is 13.9. The van der Waals surface area contributed by atoms with E-state index in [2.05, 4.69) is 0 Å². The highest BCUT2D eigenvalue weighted by atomic mass is 16.7. The Bertz CT molecular complexity index is 394. The molecule has 2 rings (SSSR count). The molecule has 0 amide bonds. The lowest BCUT2D eigenvalue weighted by Gasteiger charge is -2.06. The fourth-order valence-electron chi connectivity index (χ4n) is 1.53. The van der Waals surface area contributed by atoms with Gasteiger partial charge in [0, 0.05) is 11.1 Å². The van der Waals surface area contributed by atoms with Crippen molar-refractivity contribution in [2.75, 3.05) is 6.79 Å². The number of rotatable bonds is 1. The highest BCUT2D eigenvalue weighted by molar-refractivity contribution is 5.67. The minimum atomic E-state index is 0.231. The molecular formula is C11H12O3. The van der Waals surface area contributed by atoms with Crippen molar-refractivity contribution in [3.63, 3.8) is 0 Å². The second-order valence-electron chi connectivity index (χ2n) is 3.17. The number of ether oxygens (including phenoxy) is 2. The SMILES string of the molecule is C/C=C/c1cc2c(c(C)c1O)OCO2. The van der Waals surface area contributed by atoms with Gasteiger partial charge in [-0.3, -0.25) is 0 Å². The number of aromatic hydroxyl groups is 1. The molecule has 14 heavy (non-hydrogen) atoms. The summed E-state index contributed by atoms with van der Waals surface area (Å²) in [6.07, 6.45) is 3.71. The van der Waals surface area contributed by atoms with Gasteiger partial charge >= 0.3 is 0 Å². The van der Waals surface area contributed by atoms with Crippen molar-refractivity contribution in [2.24, 2.45) is 0 Å². The molecule has 1 aromatic rings. The summed E-state index contributed by atoms with van der Waals surface area (Å²) >= 11 is 0. The van der Waals surface area contributed by atoms with Gasteiger partial charge in [0.25, 0.3) is 0 Å². The molecule has 3 nitrogen and oxygen atoms in total. The van der Waals surface area contributed by atoms with E-state index in [0.717, 1.165) is 11.1 Å². The van der Waals surface area contributed by atoms with Crippen LogP contribution in [0.1, 0.15) is 18.1 Å². The molecule has 1 aliphatic rings. The van der Waals surface area contributed by atoms with Crippen molar-refractivity contribution in [1.82, 2.24) is 0 Å². The van der Waals surface area contributed by atoms with Crippen LogP contribution < -0.4 is 9.47 Å². The zero-order valence-corrected chi connectivity index (χ0v) is 8.20. The predicted octanol–water partition coefficient (Wildman–Crippen LogP) is 2.46. The van der Waals surface area contributed by atoms with Gasteiger partial charge in [-0.2, -0.15) is 0 Å². The first kappa shape index (κ1) is 8.94. The first-order chi connectivity index (χ1) is 6.74. The van der Waals surface area contributed by atoms with Crippen LogP contribution in [0.2, 0.25) is 0 Å². The van der Waals surface area contributed by atoms with Crippen molar-refractivity contribution in [1.29, 1.82) is 0 Å². The largest absolute Gasteiger partial charge is 0.507 e. The summed E-state index contributed by atoms with van der Waals surface area (Å²) < 4.78 is 10.5. The average molecular weight is 192 g/mol. The monoisotopic (exact) mass is 192 g/mol. The van der Waals surface area contributed by atoms with Crippen LogP contribution in [0.25, 0.3) is 6.08 Å². The van der Waals surface area contributed by atoms with Crippen LogP contribution in [0.5, 0.6) is 17.2 Å². The minimum Gasteiger partial charge on any atom is -0.507 e. The van der Waals surface area contributed by atoms with E-state index in [1.54, 1.807) is 6.07 Å². The Morgan fingerprint density at radius 1 is 1.43 bits per heavy atom. The summed E-state index contributed by atoms with van der Waals surface area (Å²) in [4.78, 5) is 0. The number of benzene rings is 1. The summed E-state index contributed by atoms with van der Waals surface area (Å²) in [6, 6.07) is 1.78. The first-order valence-electron chi connectivity index (χ1n) is 4.49. The molecular weight excluding hydrogens is 180 g/mol. The maximum absolute atomic E-state index is 9.81. The van der Waals surface area contributed by atoms with E-state index in [0.29, 0.717) is 11.5 Å². The standard InChI is InChI=1S/C11H12O3/c1-3-4-8-5-9-11(14-6-13-9)7(2)10(8)12/h3-5,12H,6H2,1-2H3/b4-3+. The number of fused-ring (bicyclic) bond motifs is 1. The van der Waals surface area contributed by atoms with Crippen molar-refractivity contribution in [3.8, 4) is 17.2 Å². The van der Waals surface area contributed by atoms with Gasteiger partial charge in [0.2, 0.25) is 6.79 Å². The van der Waals surface area contributed by atoms with Crippen molar-refractivity contribution >= 4 is 6.08 Å². The van der Waals surface area contributed by atoms with E-state index >= 15 is 0 Å². The maximum atomic E-state index is 9.81. The van der Waals surface area contributed by atoms with E-state index in [9.17, 15) is 5.11 Å². The molecule has 1 heterocycles. The van der Waals surface area contributed by atoms with Crippen molar-refractivity contribution < 1.29 is 14.6 Å². The Morgan fingerprint density at radius 3 is 2.93 bits per heavy atom. The van der Waals surface area contributed by atoms with Gasteiger partial charge in [0.1, 0.15) is 5.75 Å². The van der Waals surface area contributed by atoms with E-state index < -0.39 is 0 Å². The van der Waals surface area contributed by atoms with Crippen LogP contribution in [0.3, 0.4) is 0 Å². The minimum absolute atomic E-state index is 0.231. The molecule has 74 valence electrons. The Balaban J connectivity index is 2.60. The second kappa shape index (κ2) is 3.25. The van der Waals surface area contributed by atoms with Gasteiger partial charge in [0.05, 0.1) is 0 Å². The van der Waals surface area contributed by atoms with Crippen molar-refractivity contribution in [3.05, 3.63) is 23.3 Å². The Labute approximate surface area is 82.6 Å². The molecule has 1 N–H and O–H groups in total. The van der Waals surface area contributed by atoms with Crippen LogP contribution in [-0.2, 0) is 0 Å². The number of phenolic OH excluding ortho intramolecular Hbond substituents is 1. The molecule has 0 bridgehead atoms. The first-order valence-corrected chi connectivity index (χ1v) is 4.49. The number of phenols is 1. The second-order valence-corrected chi connectivity index (χ2v) is 3.17. The van der Waals surface area contributed by atoms with Gasteiger partial charge < -0.3 is 14.6 Å². The highest BCUT2D eigenvalue weighted by Gasteiger charge is 2.20. The van der Waals surface area contributed by atoms with E-state index in [1.165, 1.54) is 0 Å². The lowest BCUT2D eigenvalue weighted by atomic mass is 10.1. The van der Waals surface area contributed by atoms with Gasteiger partial charge in [0.15, 0.2) is 11.5 Å². The molecule has 1 aliphatic heterocycles. The van der Waals surface area contributed by atoms with Crippen LogP contribution in [0, 0.1) is 6.92 Å². The maximum Gasteiger partial charge on any atom is 0.231 e. The Hall–Kier alpha value is -1.64. The molecule has 0 unspecified atom stereocenters. The molecule has 0 saturated heterocycles. The predicted molar refractivity (Wildman–Crippen MR) is 53.7 cm³/mol. The fraction of sp³-hybridized carbons (Fsp3) is 0.273.